The maximum atomic E-state index is 12.6. The summed E-state index contributed by atoms with van der Waals surface area (Å²) >= 11 is 2.76. The number of hydrogen-bond donors (Lipinski definition) is 3. The predicted molar refractivity (Wildman–Crippen MR) is 74.4 cm³/mol. The minimum atomic E-state index is -4.77. The van der Waals surface area contributed by atoms with Gasteiger partial charge in [-0.3, -0.25) is 20.9 Å². The summed E-state index contributed by atoms with van der Waals surface area (Å²) in [6.45, 7) is 0. The third-order valence-corrected chi connectivity index (χ3v) is 2.86. The Morgan fingerprint density at radius 3 is 2.55 bits per heavy atom. The van der Waals surface area contributed by atoms with Crippen molar-refractivity contribution in [2.24, 2.45) is 10.8 Å². The van der Waals surface area contributed by atoms with Gasteiger partial charge in [-0.2, -0.15) is 23.5 Å². The lowest BCUT2D eigenvalue weighted by Crippen LogP contribution is -2.22. The van der Waals surface area contributed by atoms with E-state index in [-0.39, 0.29) is 4.47 Å². The van der Waals surface area contributed by atoms with Crippen molar-refractivity contribution in [2.45, 2.75) is 6.18 Å². The van der Waals surface area contributed by atoms with Crippen LogP contribution in [0.15, 0.2) is 21.7 Å². The number of anilines is 1. The van der Waals surface area contributed by atoms with Gasteiger partial charge in [0.15, 0.2) is 5.84 Å². The maximum absolute atomic E-state index is 12.6. The van der Waals surface area contributed by atoms with Crippen molar-refractivity contribution in [2.75, 3.05) is 5.43 Å². The van der Waals surface area contributed by atoms with Crippen molar-refractivity contribution < 1.29 is 18.1 Å². The van der Waals surface area contributed by atoms with E-state index in [4.69, 9.17) is 16.4 Å². The molecular weight excluding hydrogens is 373 g/mol. The number of nitrogens with two attached hydrogens (primary N) is 1. The van der Waals surface area contributed by atoms with Gasteiger partial charge in [0.1, 0.15) is 11.8 Å². The molecule has 0 aliphatic heterocycles. The van der Waals surface area contributed by atoms with Gasteiger partial charge in [0.05, 0.1) is 15.0 Å². The van der Waals surface area contributed by atoms with E-state index in [2.05, 4.69) is 26.5 Å². The number of nitriles is 1. The Kier molecular flexibility index (Phi) is 5.05. The van der Waals surface area contributed by atoms with Crippen LogP contribution in [0.4, 0.5) is 24.5 Å². The Bertz CT molecular complexity index is 710. The van der Waals surface area contributed by atoms with Crippen LogP contribution in [0.25, 0.3) is 0 Å². The molecule has 0 bridgehead atoms. The number of alkyl halides is 3. The Labute approximate surface area is 129 Å². The van der Waals surface area contributed by atoms with E-state index in [9.17, 15) is 23.3 Å². The molecule has 0 aliphatic rings. The topological polar surface area (TPSA) is 141 Å². The molecule has 0 aliphatic carbocycles. The van der Waals surface area contributed by atoms with Crippen molar-refractivity contribution in [3.8, 4) is 6.07 Å². The number of hydrogen-bond acceptors (Lipinski definition) is 6. The molecule has 0 saturated heterocycles. The lowest BCUT2D eigenvalue weighted by atomic mass is 10.1. The fourth-order valence-electron chi connectivity index (χ4n) is 1.27. The molecule has 0 atom stereocenters. The van der Waals surface area contributed by atoms with Gasteiger partial charge in [-0.05, 0) is 22.0 Å². The molecule has 0 amide bonds. The van der Waals surface area contributed by atoms with Crippen LogP contribution >= 0.6 is 15.9 Å². The Balaban J connectivity index is 3.40. The van der Waals surface area contributed by atoms with Crippen molar-refractivity contribution in [1.82, 2.24) is 0 Å². The highest BCUT2D eigenvalue weighted by Gasteiger charge is 2.34. The van der Waals surface area contributed by atoms with Crippen LogP contribution in [-0.2, 0) is 6.18 Å². The Morgan fingerprint density at radius 2 is 2.14 bits per heavy atom. The van der Waals surface area contributed by atoms with Gasteiger partial charge in [0.25, 0.3) is 5.69 Å². The first-order valence-electron chi connectivity index (χ1n) is 5.21. The smallest absolute Gasteiger partial charge is 0.382 e. The zero-order chi connectivity index (χ0) is 17.1. The molecule has 0 spiro atoms. The van der Waals surface area contributed by atoms with Crippen LogP contribution in [0.5, 0.6) is 0 Å². The number of nitro benzene ring substituents is 1. The van der Waals surface area contributed by atoms with Gasteiger partial charge in [0.2, 0.25) is 5.71 Å². The van der Waals surface area contributed by atoms with Gasteiger partial charge >= 0.3 is 6.18 Å². The molecule has 116 valence electrons. The van der Waals surface area contributed by atoms with E-state index in [1.807, 2.05) is 0 Å². The highest BCUT2D eigenvalue weighted by molar-refractivity contribution is 9.10. The normalized spacial score (nSPS) is 11.7. The summed E-state index contributed by atoms with van der Waals surface area (Å²) in [6, 6.07) is 2.39. The van der Waals surface area contributed by atoms with E-state index in [1.54, 1.807) is 0 Å². The fourth-order valence-corrected chi connectivity index (χ4v) is 1.81. The van der Waals surface area contributed by atoms with Crippen molar-refractivity contribution >= 4 is 38.9 Å². The van der Waals surface area contributed by atoms with Gasteiger partial charge < -0.3 is 5.73 Å². The molecule has 0 radical (unpaired) electrons. The Morgan fingerprint density at radius 1 is 1.55 bits per heavy atom. The summed E-state index contributed by atoms with van der Waals surface area (Å²) in [5.74, 6) is -0.708. The van der Waals surface area contributed by atoms with Crippen LogP contribution in [0.3, 0.4) is 0 Å². The van der Waals surface area contributed by atoms with Crippen LogP contribution in [0.1, 0.15) is 5.56 Å². The second-order valence-corrected chi connectivity index (χ2v) is 4.56. The number of nitro groups is 1. The van der Waals surface area contributed by atoms with Crippen LogP contribution < -0.4 is 11.2 Å². The van der Waals surface area contributed by atoms with Crippen LogP contribution in [0, 0.1) is 26.9 Å². The molecule has 1 aromatic carbocycles. The number of amidine groups is 1. The van der Waals surface area contributed by atoms with Gasteiger partial charge in [-0.25, -0.2) is 0 Å². The summed E-state index contributed by atoms with van der Waals surface area (Å²) in [6.07, 6.45) is -4.77. The zero-order valence-corrected chi connectivity index (χ0v) is 12.0. The molecule has 0 heterocycles. The van der Waals surface area contributed by atoms with Crippen LogP contribution in [-0.4, -0.2) is 16.5 Å². The Hall–Kier alpha value is -2.68. The highest BCUT2D eigenvalue weighted by atomic mass is 79.9. The first kappa shape index (κ1) is 17.4. The lowest BCUT2D eigenvalue weighted by molar-refractivity contribution is -0.384. The molecule has 0 aromatic heterocycles. The van der Waals surface area contributed by atoms with E-state index in [0.717, 1.165) is 0 Å². The second kappa shape index (κ2) is 6.39. The molecule has 0 unspecified atom stereocenters. The lowest BCUT2D eigenvalue weighted by Gasteiger charge is -2.10. The minimum Gasteiger partial charge on any atom is -0.382 e. The molecule has 12 heteroatoms. The SMILES string of the molecule is N#C/C(=N\Nc1c(Br)cc(C(F)(F)F)cc1[N+](=O)[O-])C(=N)N. The molecule has 0 saturated carbocycles. The van der Waals surface area contributed by atoms with E-state index in [1.165, 1.54) is 6.07 Å². The average molecular weight is 379 g/mol. The van der Waals surface area contributed by atoms with Gasteiger partial charge in [-0.1, -0.05) is 0 Å². The third-order valence-electron chi connectivity index (χ3n) is 2.23. The summed E-state index contributed by atoms with van der Waals surface area (Å²) in [7, 11) is 0. The number of hydrazone groups is 1. The first-order valence-corrected chi connectivity index (χ1v) is 6.00. The highest BCUT2D eigenvalue weighted by Crippen LogP contribution is 2.39. The standard InChI is InChI=1S/C10H6BrF3N6O2/c11-5-1-4(10(12,13)14)2-7(20(21)22)8(5)19-18-6(3-15)9(16)17/h1-2,19H,(H3,16,17)/b18-6+. The second-order valence-electron chi connectivity index (χ2n) is 3.70. The molecule has 1 aromatic rings. The van der Waals surface area contributed by atoms with Gasteiger partial charge in [0, 0.05) is 6.07 Å². The van der Waals surface area contributed by atoms with Crippen molar-refractivity contribution in [1.29, 1.82) is 10.7 Å². The summed E-state index contributed by atoms with van der Waals surface area (Å²) < 4.78 is 37.6. The predicted octanol–water partition coefficient (Wildman–Crippen LogP) is 2.60. The van der Waals surface area contributed by atoms with Gasteiger partial charge in [-0.15, -0.1) is 0 Å². The summed E-state index contributed by atoms with van der Waals surface area (Å²) in [4.78, 5) is 9.85. The largest absolute Gasteiger partial charge is 0.416 e. The number of benzene rings is 1. The molecule has 4 N–H and O–H groups in total. The molecular formula is C10H6BrF3N6O2. The zero-order valence-electron chi connectivity index (χ0n) is 10.4. The number of nitrogens with zero attached hydrogens (tertiary/aromatic N) is 3. The molecule has 22 heavy (non-hydrogen) atoms. The summed E-state index contributed by atoms with van der Waals surface area (Å²) in [5, 5.41) is 29.9. The van der Waals surface area contributed by atoms with Crippen molar-refractivity contribution in [3.05, 3.63) is 32.3 Å². The van der Waals surface area contributed by atoms with E-state index >= 15 is 0 Å². The number of rotatable bonds is 4. The number of nitrogens with one attached hydrogen (secondary N) is 2. The minimum absolute atomic E-state index is 0.293. The monoisotopic (exact) mass is 378 g/mol. The van der Waals surface area contributed by atoms with Crippen molar-refractivity contribution in [3.63, 3.8) is 0 Å². The van der Waals surface area contributed by atoms with E-state index < -0.39 is 39.6 Å². The molecule has 0 fully saturated rings. The first-order chi connectivity index (χ1) is 10.1. The number of halogens is 4. The molecule has 1 rings (SSSR count). The summed E-state index contributed by atoms with van der Waals surface area (Å²) in [5.41, 5.74) is 3.95. The maximum Gasteiger partial charge on any atom is 0.416 e. The average Bonchev–Trinajstić information content (AvgIpc) is 2.38. The fraction of sp³-hybridized carbons (Fsp3) is 0.100. The third kappa shape index (κ3) is 3.92. The quantitative estimate of drug-likeness (QED) is 0.319. The van der Waals surface area contributed by atoms with E-state index in [0.29, 0.717) is 12.1 Å². The van der Waals surface area contributed by atoms with Crippen LogP contribution in [0.2, 0.25) is 0 Å². The molecule has 8 nitrogen and oxygen atoms in total.